The van der Waals surface area contributed by atoms with Gasteiger partial charge in [0.15, 0.2) is 0 Å². The van der Waals surface area contributed by atoms with Crippen molar-refractivity contribution < 1.29 is 4.42 Å². The Morgan fingerprint density at radius 1 is 0.340 bits per heavy atom. The number of rotatable bonds is 5. The van der Waals surface area contributed by atoms with Gasteiger partial charge in [0.1, 0.15) is 11.2 Å². The predicted octanol–water partition coefficient (Wildman–Crippen LogP) is 13.8. The summed E-state index contributed by atoms with van der Waals surface area (Å²) < 4.78 is 6.56. The fourth-order valence-electron chi connectivity index (χ4n) is 7.65. The third-order valence-corrected chi connectivity index (χ3v) is 10.00. The molecule has 10 aromatic rings. The minimum Gasteiger partial charge on any atom is -0.456 e. The maximum Gasteiger partial charge on any atom is 0.137 e. The number of fused-ring (bicyclic) bond motifs is 7. The lowest BCUT2D eigenvalue weighted by Gasteiger charge is -2.27. The van der Waals surface area contributed by atoms with Crippen LogP contribution in [0, 0.1) is 0 Å². The van der Waals surface area contributed by atoms with Gasteiger partial charge in [-0.1, -0.05) is 133 Å². The third-order valence-electron chi connectivity index (χ3n) is 10.00. The molecule has 0 saturated heterocycles. The lowest BCUT2D eigenvalue weighted by Crippen LogP contribution is -2.10. The van der Waals surface area contributed by atoms with E-state index < -0.39 is 0 Å². The summed E-state index contributed by atoms with van der Waals surface area (Å²) in [5.74, 6) is 0. The van der Waals surface area contributed by atoms with E-state index in [4.69, 9.17) is 4.42 Å². The molecule has 234 valence electrons. The van der Waals surface area contributed by atoms with E-state index in [0.717, 1.165) is 39.0 Å². The quantitative estimate of drug-likeness (QED) is 0.175. The molecule has 0 aliphatic rings. The average molecular weight is 638 g/mol. The summed E-state index contributed by atoms with van der Waals surface area (Å²) in [4.78, 5) is 2.38. The van der Waals surface area contributed by atoms with Gasteiger partial charge in [-0.25, -0.2) is 0 Å². The molecule has 9 aromatic carbocycles. The summed E-state index contributed by atoms with van der Waals surface area (Å²) >= 11 is 0. The largest absolute Gasteiger partial charge is 0.456 e. The van der Waals surface area contributed by atoms with Crippen LogP contribution in [0.1, 0.15) is 0 Å². The molecule has 0 aliphatic carbocycles. The Kier molecular flexibility index (Phi) is 6.53. The number of hydrogen-bond donors (Lipinski definition) is 0. The Labute approximate surface area is 290 Å². The fourth-order valence-corrected chi connectivity index (χ4v) is 7.65. The Morgan fingerprint density at radius 3 is 1.80 bits per heavy atom. The average Bonchev–Trinajstić information content (AvgIpc) is 3.55. The Morgan fingerprint density at radius 2 is 0.980 bits per heavy atom. The topological polar surface area (TPSA) is 16.4 Å². The highest BCUT2D eigenvalue weighted by Gasteiger charge is 2.21. The van der Waals surface area contributed by atoms with E-state index in [-0.39, 0.29) is 0 Å². The lowest BCUT2D eigenvalue weighted by atomic mass is 9.93. The first-order chi connectivity index (χ1) is 24.8. The van der Waals surface area contributed by atoms with Crippen molar-refractivity contribution in [3.8, 4) is 22.3 Å². The van der Waals surface area contributed by atoms with E-state index in [0.29, 0.717) is 0 Å². The molecule has 1 aromatic heterocycles. The SMILES string of the molecule is c1ccc(-c2ccc(N(c3cccc(-c4cc5ccccc5c5ccccc45)c3)c3cccc4oc5cc6ccccc6cc5c34)cc2)cc1. The van der Waals surface area contributed by atoms with Crippen molar-refractivity contribution in [1.82, 2.24) is 0 Å². The molecule has 0 fully saturated rings. The molecule has 0 aliphatic heterocycles. The van der Waals surface area contributed by atoms with Crippen LogP contribution in [-0.2, 0) is 0 Å². The maximum atomic E-state index is 6.56. The van der Waals surface area contributed by atoms with Crippen LogP contribution in [0.4, 0.5) is 17.1 Å². The van der Waals surface area contributed by atoms with E-state index in [2.05, 4.69) is 193 Å². The van der Waals surface area contributed by atoms with Crippen LogP contribution in [0.25, 0.3) is 76.5 Å². The van der Waals surface area contributed by atoms with Gasteiger partial charge in [0.2, 0.25) is 0 Å². The van der Waals surface area contributed by atoms with Gasteiger partial charge in [0.25, 0.3) is 0 Å². The van der Waals surface area contributed by atoms with Gasteiger partial charge >= 0.3 is 0 Å². The zero-order valence-electron chi connectivity index (χ0n) is 27.3. The molecule has 10 rings (SSSR count). The Balaban J connectivity index is 1.21. The van der Waals surface area contributed by atoms with Crippen molar-refractivity contribution in [1.29, 1.82) is 0 Å². The number of anilines is 3. The van der Waals surface area contributed by atoms with Gasteiger partial charge < -0.3 is 9.32 Å². The highest BCUT2D eigenvalue weighted by atomic mass is 16.3. The number of hydrogen-bond acceptors (Lipinski definition) is 2. The van der Waals surface area contributed by atoms with Crippen molar-refractivity contribution in [3.05, 3.63) is 188 Å². The second-order valence-electron chi connectivity index (χ2n) is 12.9. The molecule has 2 heteroatoms. The van der Waals surface area contributed by atoms with Crippen molar-refractivity contribution in [2.75, 3.05) is 4.90 Å². The van der Waals surface area contributed by atoms with Gasteiger partial charge in [0.05, 0.1) is 11.1 Å². The van der Waals surface area contributed by atoms with Gasteiger partial charge in [-0.15, -0.1) is 0 Å². The predicted molar refractivity (Wildman–Crippen MR) is 212 cm³/mol. The van der Waals surface area contributed by atoms with Crippen molar-refractivity contribution in [2.24, 2.45) is 0 Å². The third kappa shape index (κ3) is 4.65. The van der Waals surface area contributed by atoms with Crippen LogP contribution in [0.5, 0.6) is 0 Å². The van der Waals surface area contributed by atoms with E-state index in [9.17, 15) is 0 Å². The molecule has 0 bridgehead atoms. The number of furan rings is 1. The molecule has 0 N–H and O–H groups in total. The van der Waals surface area contributed by atoms with Crippen LogP contribution in [0.2, 0.25) is 0 Å². The minimum atomic E-state index is 0.871. The summed E-state index contributed by atoms with van der Waals surface area (Å²) in [7, 11) is 0. The monoisotopic (exact) mass is 637 g/mol. The molecule has 0 saturated carbocycles. The second-order valence-corrected chi connectivity index (χ2v) is 12.9. The molecular weight excluding hydrogens is 607 g/mol. The molecule has 0 radical (unpaired) electrons. The van der Waals surface area contributed by atoms with Crippen LogP contribution >= 0.6 is 0 Å². The van der Waals surface area contributed by atoms with Crippen LogP contribution in [0.3, 0.4) is 0 Å². The molecule has 1 heterocycles. The highest BCUT2D eigenvalue weighted by molar-refractivity contribution is 6.17. The first kappa shape index (κ1) is 28.4. The van der Waals surface area contributed by atoms with E-state index >= 15 is 0 Å². The Hall–Kier alpha value is -6.64. The zero-order valence-corrected chi connectivity index (χ0v) is 27.3. The second kappa shape index (κ2) is 11.5. The molecule has 0 atom stereocenters. The first-order valence-corrected chi connectivity index (χ1v) is 17.1. The van der Waals surface area contributed by atoms with E-state index in [1.165, 1.54) is 54.6 Å². The van der Waals surface area contributed by atoms with Crippen molar-refractivity contribution in [2.45, 2.75) is 0 Å². The standard InChI is InChI=1S/C48H31NO/c1-2-12-32(13-3-1)33-24-26-38(27-25-33)49(45-22-11-23-46-48(45)44-29-34-14-4-5-15-35(34)31-47(44)50-46)39-18-10-17-36(28-39)43-30-37-16-6-7-19-40(37)41-20-8-9-21-42(41)43/h1-31H. The van der Waals surface area contributed by atoms with E-state index in [1.807, 2.05) is 0 Å². The van der Waals surface area contributed by atoms with E-state index in [1.54, 1.807) is 0 Å². The molecule has 0 unspecified atom stereocenters. The highest BCUT2D eigenvalue weighted by Crippen LogP contribution is 2.45. The Bertz CT molecular complexity index is 2870. The summed E-state index contributed by atoms with van der Waals surface area (Å²) in [6.07, 6.45) is 0. The summed E-state index contributed by atoms with van der Waals surface area (Å²) in [5.41, 5.74) is 9.77. The lowest BCUT2D eigenvalue weighted by molar-refractivity contribution is 0.669. The maximum absolute atomic E-state index is 6.56. The molecule has 50 heavy (non-hydrogen) atoms. The van der Waals surface area contributed by atoms with Crippen LogP contribution in [-0.4, -0.2) is 0 Å². The van der Waals surface area contributed by atoms with Gasteiger partial charge in [-0.3, -0.25) is 0 Å². The normalized spacial score (nSPS) is 11.6. The van der Waals surface area contributed by atoms with Crippen LogP contribution < -0.4 is 4.90 Å². The van der Waals surface area contributed by atoms with Gasteiger partial charge in [-0.2, -0.15) is 0 Å². The molecular formula is C48H31NO. The first-order valence-electron chi connectivity index (χ1n) is 17.1. The van der Waals surface area contributed by atoms with Crippen molar-refractivity contribution >= 4 is 71.3 Å². The summed E-state index contributed by atoms with van der Waals surface area (Å²) in [5, 5.41) is 9.60. The molecule has 0 spiro atoms. The zero-order chi connectivity index (χ0) is 33.0. The molecule has 0 amide bonds. The minimum absolute atomic E-state index is 0.871. The van der Waals surface area contributed by atoms with Crippen molar-refractivity contribution in [3.63, 3.8) is 0 Å². The fraction of sp³-hybridized carbons (Fsp3) is 0. The molecule has 2 nitrogen and oxygen atoms in total. The van der Waals surface area contributed by atoms with Crippen LogP contribution in [0.15, 0.2) is 192 Å². The smallest absolute Gasteiger partial charge is 0.137 e. The number of benzene rings is 9. The van der Waals surface area contributed by atoms with Gasteiger partial charge in [-0.05, 0) is 109 Å². The number of nitrogens with zero attached hydrogens (tertiary/aromatic N) is 1. The summed E-state index contributed by atoms with van der Waals surface area (Å²) in [6.45, 7) is 0. The van der Waals surface area contributed by atoms with Gasteiger partial charge in [0, 0.05) is 16.8 Å². The summed E-state index contributed by atoms with van der Waals surface area (Å²) in [6, 6.07) is 67.5.